The van der Waals surface area contributed by atoms with Crippen molar-refractivity contribution in [3.8, 4) is 5.75 Å². The highest BCUT2D eigenvalue weighted by Crippen LogP contribution is 2.46. The van der Waals surface area contributed by atoms with Gasteiger partial charge in [0, 0.05) is 22.9 Å². The molecular formula is C28H35NO6. The molecule has 3 aliphatic rings. The highest BCUT2D eigenvalue weighted by Gasteiger charge is 2.47. The molecule has 35 heavy (non-hydrogen) atoms. The zero-order valence-electron chi connectivity index (χ0n) is 21.0. The molecule has 1 aromatic carbocycles. The van der Waals surface area contributed by atoms with Crippen LogP contribution in [0.4, 0.5) is 0 Å². The largest absolute Gasteiger partial charge is 0.494 e. The molecule has 1 N–H and O–H groups in total. The second-order valence-corrected chi connectivity index (χ2v) is 9.71. The number of methoxy groups -OCH3 is 1. The lowest BCUT2D eigenvalue weighted by Gasteiger charge is -2.38. The highest BCUT2D eigenvalue weighted by molar-refractivity contribution is 6.12. The van der Waals surface area contributed by atoms with Gasteiger partial charge in [-0.2, -0.15) is 0 Å². The standard InChI is InChI=1S/C28H35NO6/c1-5-34-20-13-9-10-18(15-20)24-23(28(32)35-19-11-7-6-8-12-19)17(3)29-21-14-16(2)22(27(31)33-4)26(30)25(21)24/h9-10,13,15-16,19,22,24,29H,5-8,11-12,14H2,1-4H3/t16-,22+,24-/m1/s1. The van der Waals surface area contributed by atoms with E-state index < -0.39 is 23.8 Å². The van der Waals surface area contributed by atoms with Crippen LogP contribution < -0.4 is 10.1 Å². The lowest BCUT2D eigenvalue weighted by Crippen LogP contribution is -2.43. The number of esters is 2. The van der Waals surface area contributed by atoms with Gasteiger partial charge in [-0.3, -0.25) is 9.59 Å². The zero-order chi connectivity index (χ0) is 25.1. The second kappa shape index (κ2) is 10.7. The Labute approximate surface area is 206 Å². The van der Waals surface area contributed by atoms with Crippen molar-refractivity contribution in [2.24, 2.45) is 11.8 Å². The van der Waals surface area contributed by atoms with Crippen LogP contribution in [0.1, 0.15) is 70.8 Å². The van der Waals surface area contributed by atoms with Crippen LogP contribution in [-0.2, 0) is 23.9 Å². The lowest BCUT2D eigenvalue weighted by molar-refractivity contribution is -0.151. The number of Topliss-reactive ketones (excluding diaryl/α,β-unsaturated/α-hetero) is 1. The molecule has 7 heteroatoms. The Morgan fingerprint density at radius 2 is 1.89 bits per heavy atom. The summed E-state index contributed by atoms with van der Waals surface area (Å²) in [4.78, 5) is 40.0. The third-order valence-corrected chi connectivity index (χ3v) is 7.29. The maximum Gasteiger partial charge on any atom is 0.337 e. The summed E-state index contributed by atoms with van der Waals surface area (Å²) in [7, 11) is 1.30. The van der Waals surface area contributed by atoms with E-state index in [1.807, 2.05) is 45.0 Å². The molecule has 0 spiro atoms. The number of ketones is 1. The van der Waals surface area contributed by atoms with Gasteiger partial charge in [0.1, 0.15) is 17.8 Å². The van der Waals surface area contributed by atoms with Crippen molar-refractivity contribution >= 4 is 17.7 Å². The van der Waals surface area contributed by atoms with Crippen molar-refractivity contribution < 1.29 is 28.6 Å². The molecule has 1 heterocycles. The SMILES string of the molecule is CCOc1cccc([C@@H]2C(C(=O)OC3CCCCC3)=C(C)NC3=C2C(=O)[C@@H](C(=O)OC)[C@H](C)C3)c1. The van der Waals surface area contributed by atoms with Crippen LogP contribution in [0, 0.1) is 11.8 Å². The van der Waals surface area contributed by atoms with Gasteiger partial charge in [0.15, 0.2) is 5.78 Å². The van der Waals surface area contributed by atoms with Crippen LogP contribution in [0.15, 0.2) is 46.8 Å². The van der Waals surface area contributed by atoms with Crippen molar-refractivity contribution in [2.45, 2.75) is 71.3 Å². The maximum atomic E-state index is 13.8. The van der Waals surface area contributed by atoms with Gasteiger partial charge in [-0.05, 0) is 69.6 Å². The van der Waals surface area contributed by atoms with E-state index in [1.54, 1.807) is 0 Å². The van der Waals surface area contributed by atoms with Gasteiger partial charge in [0.2, 0.25) is 0 Å². The maximum absolute atomic E-state index is 13.8. The minimum absolute atomic E-state index is 0.118. The normalized spacial score (nSPS) is 25.0. The number of carbonyl (C=O) groups excluding carboxylic acids is 3. The van der Waals surface area contributed by atoms with E-state index in [1.165, 1.54) is 7.11 Å². The van der Waals surface area contributed by atoms with Crippen molar-refractivity contribution in [1.29, 1.82) is 0 Å². The summed E-state index contributed by atoms with van der Waals surface area (Å²) in [5.74, 6) is -2.40. The van der Waals surface area contributed by atoms with Crippen LogP contribution in [0.3, 0.4) is 0 Å². The summed E-state index contributed by atoms with van der Waals surface area (Å²) < 4.78 is 16.7. The van der Waals surface area contributed by atoms with Gasteiger partial charge in [0.05, 0.1) is 19.3 Å². The van der Waals surface area contributed by atoms with E-state index in [0.717, 1.165) is 43.4 Å². The third-order valence-electron chi connectivity index (χ3n) is 7.29. The Kier molecular flexibility index (Phi) is 7.63. The summed E-state index contributed by atoms with van der Waals surface area (Å²) in [6.07, 6.45) is 5.33. The number of nitrogens with one attached hydrogen (secondary N) is 1. The van der Waals surface area contributed by atoms with Crippen LogP contribution >= 0.6 is 0 Å². The van der Waals surface area contributed by atoms with Gasteiger partial charge in [-0.1, -0.05) is 25.5 Å². The number of carbonyl (C=O) groups is 3. The number of ether oxygens (including phenoxy) is 3. The molecule has 3 atom stereocenters. The monoisotopic (exact) mass is 481 g/mol. The molecule has 0 bridgehead atoms. The van der Waals surface area contributed by atoms with Crippen molar-refractivity contribution in [3.05, 3.63) is 52.4 Å². The summed E-state index contributed by atoms with van der Waals surface area (Å²) in [5.41, 5.74) is 3.03. The average molecular weight is 482 g/mol. The Morgan fingerprint density at radius 3 is 2.57 bits per heavy atom. The first-order valence-corrected chi connectivity index (χ1v) is 12.6. The van der Waals surface area contributed by atoms with E-state index in [-0.39, 0.29) is 17.8 Å². The van der Waals surface area contributed by atoms with E-state index in [0.29, 0.717) is 35.6 Å². The number of allylic oxidation sites excluding steroid dienone is 3. The Morgan fingerprint density at radius 1 is 1.14 bits per heavy atom. The Balaban J connectivity index is 1.79. The molecule has 1 saturated carbocycles. The summed E-state index contributed by atoms with van der Waals surface area (Å²) in [5, 5.41) is 3.32. The fraction of sp³-hybridized carbons (Fsp3) is 0.536. The van der Waals surface area contributed by atoms with E-state index in [9.17, 15) is 14.4 Å². The minimum Gasteiger partial charge on any atom is -0.494 e. The first kappa shape index (κ1) is 25.0. The molecule has 188 valence electrons. The second-order valence-electron chi connectivity index (χ2n) is 9.71. The fourth-order valence-electron chi connectivity index (χ4n) is 5.63. The zero-order valence-corrected chi connectivity index (χ0v) is 21.0. The van der Waals surface area contributed by atoms with Crippen molar-refractivity contribution in [1.82, 2.24) is 5.32 Å². The van der Waals surface area contributed by atoms with Gasteiger partial charge in [0.25, 0.3) is 0 Å². The summed E-state index contributed by atoms with van der Waals surface area (Å²) in [6, 6.07) is 7.46. The topological polar surface area (TPSA) is 90.9 Å². The van der Waals surface area contributed by atoms with Gasteiger partial charge >= 0.3 is 11.9 Å². The van der Waals surface area contributed by atoms with Gasteiger partial charge < -0.3 is 19.5 Å². The van der Waals surface area contributed by atoms with Crippen molar-refractivity contribution in [2.75, 3.05) is 13.7 Å². The highest BCUT2D eigenvalue weighted by atomic mass is 16.5. The molecule has 0 unspecified atom stereocenters. The van der Waals surface area contributed by atoms with Gasteiger partial charge in [-0.15, -0.1) is 0 Å². The van der Waals surface area contributed by atoms with Crippen LogP contribution in [0.2, 0.25) is 0 Å². The molecule has 0 amide bonds. The molecular weight excluding hydrogens is 446 g/mol. The van der Waals surface area contributed by atoms with Crippen LogP contribution in [0.5, 0.6) is 5.75 Å². The predicted molar refractivity (Wildman–Crippen MR) is 130 cm³/mol. The molecule has 7 nitrogen and oxygen atoms in total. The van der Waals surface area contributed by atoms with Gasteiger partial charge in [-0.25, -0.2) is 4.79 Å². The average Bonchev–Trinajstić information content (AvgIpc) is 2.84. The molecule has 0 aromatic heterocycles. The summed E-state index contributed by atoms with van der Waals surface area (Å²) in [6.45, 7) is 6.13. The smallest absolute Gasteiger partial charge is 0.337 e. The van der Waals surface area contributed by atoms with Crippen molar-refractivity contribution in [3.63, 3.8) is 0 Å². The fourth-order valence-corrected chi connectivity index (χ4v) is 5.63. The number of rotatable bonds is 6. The summed E-state index contributed by atoms with van der Waals surface area (Å²) >= 11 is 0. The number of dihydropyridines is 1. The molecule has 0 saturated heterocycles. The molecule has 2 aliphatic carbocycles. The molecule has 1 aliphatic heterocycles. The van der Waals surface area contributed by atoms with Crippen LogP contribution in [0.25, 0.3) is 0 Å². The third kappa shape index (κ3) is 5.00. The Bertz CT molecular complexity index is 1060. The van der Waals surface area contributed by atoms with E-state index in [2.05, 4.69) is 5.32 Å². The first-order chi connectivity index (χ1) is 16.8. The van der Waals surface area contributed by atoms with E-state index in [4.69, 9.17) is 14.2 Å². The molecule has 1 fully saturated rings. The number of hydrogen-bond donors (Lipinski definition) is 1. The Hall–Kier alpha value is -3.09. The minimum atomic E-state index is -0.910. The van der Waals surface area contributed by atoms with Crippen LogP contribution in [-0.4, -0.2) is 37.5 Å². The lowest BCUT2D eigenvalue weighted by atomic mass is 9.69. The first-order valence-electron chi connectivity index (χ1n) is 12.6. The molecule has 1 aromatic rings. The molecule has 0 radical (unpaired) electrons. The number of hydrogen-bond acceptors (Lipinski definition) is 7. The predicted octanol–water partition coefficient (Wildman–Crippen LogP) is 4.57. The number of benzene rings is 1. The molecule has 4 rings (SSSR count). The quantitative estimate of drug-likeness (QED) is 0.470. The van der Waals surface area contributed by atoms with E-state index >= 15 is 0 Å².